The van der Waals surface area contributed by atoms with Gasteiger partial charge in [-0.25, -0.2) is 0 Å². The summed E-state index contributed by atoms with van der Waals surface area (Å²) < 4.78 is 22.9. The van der Waals surface area contributed by atoms with Gasteiger partial charge >= 0.3 is 11.9 Å². The normalized spacial score (nSPS) is 13.2. The quantitative estimate of drug-likeness (QED) is 0.0968. The van der Waals surface area contributed by atoms with Crippen molar-refractivity contribution in [3.8, 4) is 23.0 Å². The van der Waals surface area contributed by atoms with Crippen molar-refractivity contribution >= 4 is 11.9 Å². The number of esters is 2. The Kier molecular flexibility index (Phi) is 13.4. The molecule has 2 unspecified atom stereocenters. The van der Waals surface area contributed by atoms with Crippen LogP contribution in [0.2, 0.25) is 0 Å². The highest BCUT2D eigenvalue weighted by molar-refractivity contribution is 5.78. The Labute approximate surface area is 327 Å². The topological polar surface area (TPSA) is 112 Å². The smallest absolute Gasteiger partial charge is 0.313 e. The SMILES string of the molecule is Cc1cc(C(C)C(=O)OCCOc2ccc(C(C)(C)c3ccc(OCCOC(=O)C(C)c4cc(C)c(O)c(C(C)(C)C)c4)cc3)cc2)cc(C(C)(C)C)c1O. The fourth-order valence-corrected chi connectivity index (χ4v) is 6.49. The van der Waals surface area contributed by atoms with Crippen LogP contribution in [0.3, 0.4) is 0 Å². The molecular weight excluding hydrogens is 693 g/mol. The second-order valence-corrected chi connectivity index (χ2v) is 17.1. The molecule has 8 heteroatoms. The third-order valence-corrected chi connectivity index (χ3v) is 10.3. The predicted octanol–water partition coefficient (Wildman–Crippen LogP) is 10.1. The van der Waals surface area contributed by atoms with E-state index in [9.17, 15) is 19.8 Å². The van der Waals surface area contributed by atoms with Gasteiger partial charge in [-0.05, 0) is 107 Å². The average Bonchev–Trinajstić information content (AvgIpc) is 3.12. The molecule has 0 fully saturated rings. The van der Waals surface area contributed by atoms with E-state index < -0.39 is 11.8 Å². The molecule has 0 saturated heterocycles. The summed E-state index contributed by atoms with van der Waals surface area (Å²) in [4.78, 5) is 25.7. The summed E-state index contributed by atoms with van der Waals surface area (Å²) in [5.41, 5.74) is 6.09. The van der Waals surface area contributed by atoms with E-state index >= 15 is 0 Å². The minimum atomic E-state index is -0.480. The molecule has 0 saturated carbocycles. The molecule has 2 N–H and O–H groups in total. The first-order valence-corrected chi connectivity index (χ1v) is 19.1. The van der Waals surface area contributed by atoms with E-state index in [0.717, 1.165) is 44.5 Å². The third-order valence-electron chi connectivity index (χ3n) is 10.3. The van der Waals surface area contributed by atoms with Crippen LogP contribution in [-0.2, 0) is 35.3 Å². The van der Waals surface area contributed by atoms with Crippen LogP contribution in [0.1, 0.15) is 126 Å². The van der Waals surface area contributed by atoms with Crippen molar-refractivity contribution in [2.45, 2.75) is 111 Å². The van der Waals surface area contributed by atoms with Gasteiger partial charge in [0.05, 0.1) is 11.8 Å². The van der Waals surface area contributed by atoms with Crippen LogP contribution in [-0.4, -0.2) is 48.6 Å². The monoisotopic (exact) mass is 752 g/mol. The molecule has 4 rings (SSSR count). The van der Waals surface area contributed by atoms with E-state index in [1.54, 1.807) is 0 Å². The highest BCUT2D eigenvalue weighted by Gasteiger charge is 2.27. The summed E-state index contributed by atoms with van der Waals surface area (Å²) in [7, 11) is 0. The largest absolute Gasteiger partial charge is 0.507 e. The Morgan fingerprint density at radius 2 is 0.873 bits per heavy atom. The Morgan fingerprint density at radius 1 is 0.545 bits per heavy atom. The summed E-state index contributed by atoms with van der Waals surface area (Å²) >= 11 is 0. The lowest BCUT2D eigenvalue weighted by atomic mass is 9.78. The molecule has 0 radical (unpaired) electrons. The van der Waals surface area contributed by atoms with Gasteiger partial charge in [0, 0.05) is 5.41 Å². The van der Waals surface area contributed by atoms with Crippen LogP contribution in [0.5, 0.6) is 23.0 Å². The summed E-state index contributed by atoms with van der Waals surface area (Å²) in [6, 6.07) is 23.3. The number of aromatic hydroxyl groups is 2. The highest BCUT2D eigenvalue weighted by atomic mass is 16.6. The Morgan fingerprint density at radius 3 is 1.18 bits per heavy atom. The van der Waals surface area contributed by atoms with Gasteiger partial charge < -0.3 is 29.2 Å². The van der Waals surface area contributed by atoms with Gasteiger partial charge in [0.25, 0.3) is 0 Å². The van der Waals surface area contributed by atoms with Gasteiger partial charge in [0.1, 0.15) is 49.4 Å². The summed E-state index contributed by atoms with van der Waals surface area (Å²) in [6.45, 7) is 24.5. The molecule has 55 heavy (non-hydrogen) atoms. The maximum absolute atomic E-state index is 12.9. The van der Waals surface area contributed by atoms with E-state index in [0.29, 0.717) is 11.5 Å². The molecule has 4 aromatic rings. The molecule has 2 atom stereocenters. The van der Waals surface area contributed by atoms with Gasteiger partial charge in [0.2, 0.25) is 0 Å². The van der Waals surface area contributed by atoms with Crippen molar-refractivity contribution in [1.29, 1.82) is 0 Å². The summed E-state index contributed by atoms with van der Waals surface area (Å²) in [5, 5.41) is 21.1. The van der Waals surface area contributed by atoms with Gasteiger partial charge in [-0.15, -0.1) is 0 Å². The zero-order valence-electron chi connectivity index (χ0n) is 34.8. The molecule has 0 aliphatic carbocycles. The summed E-state index contributed by atoms with van der Waals surface area (Å²) in [6.07, 6.45) is 0. The van der Waals surface area contributed by atoms with Crippen LogP contribution in [0.25, 0.3) is 0 Å². The molecule has 4 aromatic carbocycles. The molecule has 0 aliphatic heterocycles. The van der Waals surface area contributed by atoms with Crippen molar-refractivity contribution in [1.82, 2.24) is 0 Å². The first-order valence-electron chi connectivity index (χ1n) is 19.1. The molecular formula is C47H60O8. The van der Waals surface area contributed by atoms with Gasteiger partial charge in [0.15, 0.2) is 0 Å². The van der Waals surface area contributed by atoms with Gasteiger partial charge in [-0.2, -0.15) is 0 Å². The van der Waals surface area contributed by atoms with E-state index in [1.807, 2.05) is 142 Å². The van der Waals surface area contributed by atoms with Crippen molar-refractivity contribution in [2.24, 2.45) is 0 Å². The number of phenols is 2. The maximum atomic E-state index is 12.9. The number of carbonyl (C=O) groups is 2. The second-order valence-electron chi connectivity index (χ2n) is 17.1. The molecule has 0 amide bonds. The summed E-state index contributed by atoms with van der Waals surface area (Å²) in [5.74, 6) is 0.246. The second kappa shape index (κ2) is 17.2. The molecule has 0 spiro atoms. The number of carbonyl (C=O) groups excluding carboxylic acids is 2. The van der Waals surface area contributed by atoms with Crippen LogP contribution in [0, 0.1) is 13.8 Å². The Balaban J connectivity index is 1.23. The minimum Gasteiger partial charge on any atom is -0.507 e. The number of benzene rings is 4. The average molecular weight is 753 g/mol. The zero-order chi connectivity index (χ0) is 40.9. The lowest BCUT2D eigenvalue weighted by Gasteiger charge is -2.26. The molecule has 8 nitrogen and oxygen atoms in total. The van der Waals surface area contributed by atoms with Crippen molar-refractivity contribution < 1.29 is 38.7 Å². The van der Waals surface area contributed by atoms with E-state index in [1.165, 1.54) is 0 Å². The Bertz CT molecular complexity index is 1800. The van der Waals surface area contributed by atoms with Crippen molar-refractivity contribution in [3.63, 3.8) is 0 Å². The number of rotatable bonds is 14. The zero-order valence-corrected chi connectivity index (χ0v) is 34.8. The maximum Gasteiger partial charge on any atom is 0.313 e. The van der Waals surface area contributed by atoms with Crippen LogP contribution < -0.4 is 9.47 Å². The minimum absolute atomic E-state index is 0.119. The predicted molar refractivity (Wildman–Crippen MR) is 218 cm³/mol. The lowest BCUT2D eigenvalue weighted by Crippen LogP contribution is -2.19. The van der Waals surface area contributed by atoms with Crippen molar-refractivity contribution in [2.75, 3.05) is 26.4 Å². The van der Waals surface area contributed by atoms with E-state index in [2.05, 4.69) is 13.8 Å². The van der Waals surface area contributed by atoms with Crippen LogP contribution in [0.15, 0.2) is 72.8 Å². The van der Waals surface area contributed by atoms with Crippen molar-refractivity contribution in [3.05, 3.63) is 117 Å². The molecule has 0 aliphatic rings. The Hall–Kier alpha value is -4.98. The lowest BCUT2D eigenvalue weighted by molar-refractivity contribution is -0.146. The number of aryl methyl sites for hydroxylation is 2. The molecule has 0 aromatic heterocycles. The first kappa shape index (κ1) is 42.8. The van der Waals surface area contributed by atoms with E-state index in [4.69, 9.17) is 18.9 Å². The number of hydrogen-bond acceptors (Lipinski definition) is 8. The van der Waals surface area contributed by atoms with Gasteiger partial charge in [-0.3, -0.25) is 9.59 Å². The molecule has 0 heterocycles. The molecule has 296 valence electrons. The van der Waals surface area contributed by atoms with Crippen LogP contribution >= 0.6 is 0 Å². The highest BCUT2D eigenvalue weighted by Crippen LogP contribution is 2.38. The first-order chi connectivity index (χ1) is 25.6. The number of phenolic OH excluding ortho intramolecular Hbond substituents is 2. The standard InChI is InChI=1S/C47H60O8/c1-29-25-33(27-39(41(29)48)45(5,6)7)31(3)43(50)54-23-21-52-37-17-13-35(14-18-37)47(11,12)36-15-19-38(20-16-36)53-22-24-55-44(51)32(4)34-26-30(2)42(49)40(28-34)46(8,9)10/h13-20,25-28,31-32,48-49H,21-24H2,1-12H3. The number of ether oxygens (including phenoxy) is 4. The van der Waals surface area contributed by atoms with Crippen LogP contribution in [0.4, 0.5) is 0 Å². The third kappa shape index (κ3) is 10.6. The van der Waals surface area contributed by atoms with E-state index in [-0.39, 0.29) is 66.1 Å². The fourth-order valence-electron chi connectivity index (χ4n) is 6.49. The molecule has 0 bridgehead atoms. The number of hydrogen-bond donors (Lipinski definition) is 2. The fraction of sp³-hybridized carbons (Fsp3) is 0.447. The van der Waals surface area contributed by atoms with Gasteiger partial charge in [-0.1, -0.05) is 104 Å².